The van der Waals surface area contributed by atoms with Gasteiger partial charge in [0, 0.05) is 6.92 Å². The molecule has 92 valence electrons. The summed E-state index contributed by atoms with van der Waals surface area (Å²) in [6, 6.07) is -0.874. The predicted octanol–water partition coefficient (Wildman–Crippen LogP) is 0.764. The van der Waals surface area contributed by atoms with E-state index in [-0.39, 0.29) is 10.9 Å². The number of carboxylic acids is 1. The molecule has 0 aliphatic rings. The fourth-order valence-corrected chi connectivity index (χ4v) is 1.76. The van der Waals surface area contributed by atoms with Crippen molar-refractivity contribution in [1.82, 2.24) is 4.90 Å². The van der Waals surface area contributed by atoms with Crippen molar-refractivity contribution < 1.29 is 14.7 Å². The SMILES string of the molecule is CC(=O)N(C(C)=S)[C@@H](CCCCN)C(=O)O. The summed E-state index contributed by atoms with van der Waals surface area (Å²) in [4.78, 5) is 23.8. The molecule has 1 atom stereocenters. The first-order chi connectivity index (χ1) is 7.41. The number of hydrogen-bond acceptors (Lipinski definition) is 4. The van der Waals surface area contributed by atoms with Gasteiger partial charge in [0.25, 0.3) is 0 Å². The molecule has 0 aliphatic carbocycles. The van der Waals surface area contributed by atoms with Crippen LogP contribution in [0.2, 0.25) is 0 Å². The summed E-state index contributed by atoms with van der Waals surface area (Å²) in [5.74, 6) is -1.37. The molecule has 0 fully saturated rings. The Balaban J connectivity index is 4.66. The van der Waals surface area contributed by atoms with E-state index in [2.05, 4.69) is 0 Å². The number of amides is 1. The molecular weight excluding hydrogens is 228 g/mol. The van der Waals surface area contributed by atoms with Crippen LogP contribution in [0.1, 0.15) is 33.1 Å². The molecule has 0 unspecified atom stereocenters. The van der Waals surface area contributed by atoms with Gasteiger partial charge in [-0.05, 0) is 32.7 Å². The average molecular weight is 246 g/mol. The molecule has 5 nitrogen and oxygen atoms in total. The Labute approximate surface area is 101 Å². The number of thiocarbonyl (C=S) groups is 1. The third kappa shape index (κ3) is 4.67. The van der Waals surface area contributed by atoms with Gasteiger partial charge in [0.1, 0.15) is 6.04 Å². The van der Waals surface area contributed by atoms with E-state index in [0.717, 1.165) is 11.3 Å². The van der Waals surface area contributed by atoms with Crippen LogP contribution in [0.4, 0.5) is 0 Å². The van der Waals surface area contributed by atoms with E-state index >= 15 is 0 Å². The normalized spacial score (nSPS) is 11.9. The Morgan fingerprint density at radius 2 is 1.94 bits per heavy atom. The first kappa shape index (κ1) is 15.0. The van der Waals surface area contributed by atoms with E-state index in [1.54, 1.807) is 6.92 Å². The van der Waals surface area contributed by atoms with Crippen LogP contribution in [-0.4, -0.2) is 39.5 Å². The molecule has 0 saturated heterocycles. The second-order valence-electron chi connectivity index (χ2n) is 3.55. The van der Waals surface area contributed by atoms with Crippen molar-refractivity contribution in [1.29, 1.82) is 0 Å². The highest BCUT2D eigenvalue weighted by Crippen LogP contribution is 2.11. The van der Waals surface area contributed by atoms with Gasteiger partial charge in [-0.15, -0.1) is 0 Å². The first-order valence-electron chi connectivity index (χ1n) is 5.15. The van der Waals surface area contributed by atoms with Crippen molar-refractivity contribution in [3.05, 3.63) is 0 Å². The van der Waals surface area contributed by atoms with Gasteiger partial charge in [-0.3, -0.25) is 9.69 Å². The number of nitrogens with zero attached hydrogens (tertiary/aromatic N) is 1. The zero-order chi connectivity index (χ0) is 12.7. The molecule has 0 spiro atoms. The zero-order valence-electron chi connectivity index (χ0n) is 9.60. The maximum Gasteiger partial charge on any atom is 0.326 e. The molecule has 0 rings (SSSR count). The minimum Gasteiger partial charge on any atom is -0.480 e. The van der Waals surface area contributed by atoms with E-state index in [4.69, 9.17) is 23.1 Å². The number of rotatable bonds is 6. The lowest BCUT2D eigenvalue weighted by molar-refractivity contribution is -0.146. The van der Waals surface area contributed by atoms with Gasteiger partial charge in [0.05, 0.1) is 4.99 Å². The maximum absolute atomic E-state index is 11.3. The zero-order valence-corrected chi connectivity index (χ0v) is 10.4. The minimum atomic E-state index is -1.03. The lowest BCUT2D eigenvalue weighted by Gasteiger charge is -2.26. The molecule has 3 N–H and O–H groups in total. The summed E-state index contributed by atoms with van der Waals surface area (Å²) in [7, 11) is 0. The van der Waals surface area contributed by atoms with Crippen LogP contribution in [0.25, 0.3) is 0 Å². The standard InChI is InChI=1S/C10H18N2O3S/c1-7(13)12(8(2)16)9(10(14)15)5-3-4-6-11/h9H,3-6,11H2,1-2H3,(H,14,15)/t9-/m0/s1. The number of nitrogens with two attached hydrogens (primary N) is 1. The summed E-state index contributed by atoms with van der Waals surface area (Å²) in [6.45, 7) is 3.38. The Hall–Kier alpha value is -1.01. The van der Waals surface area contributed by atoms with Crippen molar-refractivity contribution in [3.63, 3.8) is 0 Å². The van der Waals surface area contributed by atoms with Gasteiger partial charge in [-0.1, -0.05) is 12.2 Å². The highest BCUT2D eigenvalue weighted by Gasteiger charge is 2.28. The monoisotopic (exact) mass is 246 g/mol. The van der Waals surface area contributed by atoms with Gasteiger partial charge >= 0.3 is 5.97 Å². The molecule has 1 amide bonds. The largest absolute Gasteiger partial charge is 0.480 e. The van der Waals surface area contributed by atoms with E-state index in [1.807, 2.05) is 0 Å². The molecule has 0 bridgehead atoms. The van der Waals surface area contributed by atoms with Gasteiger partial charge < -0.3 is 10.8 Å². The van der Waals surface area contributed by atoms with Gasteiger partial charge in [0.2, 0.25) is 5.91 Å². The van der Waals surface area contributed by atoms with Crippen LogP contribution >= 0.6 is 12.2 Å². The average Bonchev–Trinajstić information content (AvgIpc) is 2.14. The quantitative estimate of drug-likeness (QED) is 0.534. The third-order valence-corrected chi connectivity index (χ3v) is 2.40. The summed E-state index contributed by atoms with van der Waals surface area (Å²) in [5, 5.41) is 9.06. The van der Waals surface area contributed by atoms with Crippen molar-refractivity contribution in [2.75, 3.05) is 6.54 Å². The summed E-state index contributed by atoms with van der Waals surface area (Å²) < 4.78 is 0. The molecule has 0 heterocycles. The van der Waals surface area contributed by atoms with Crippen LogP contribution in [0, 0.1) is 0 Å². The second-order valence-corrected chi connectivity index (χ2v) is 4.14. The Kier molecular flexibility index (Phi) is 6.83. The van der Waals surface area contributed by atoms with Crippen LogP contribution < -0.4 is 5.73 Å². The molecule has 0 aromatic carbocycles. The smallest absolute Gasteiger partial charge is 0.326 e. The number of carbonyl (C=O) groups is 2. The Bertz CT molecular complexity index is 267. The minimum absolute atomic E-state index is 0.285. The molecule has 0 aromatic heterocycles. The fraction of sp³-hybridized carbons (Fsp3) is 0.700. The van der Waals surface area contributed by atoms with Crippen LogP contribution in [0.3, 0.4) is 0 Å². The Morgan fingerprint density at radius 3 is 2.25 bits per heavy atom. The Morgan fingerprint density at radius 1 is 1.38 bits per heavy atom. The van der Waals surface area contributed by atoms with Crippen LogP contribution in [0.15, 0.2) is 0 Å². The van der Waals surface area contributed by atoms with Crippen molar-refractivity contribution >= 4 is 29.1 Å². The molecule has 0 aromatic rings. The lowest BCUT2D eigenvalue weighted by atomic mass is 10.1. The van der Waals surface area contributed by atoms with E-state index in [1.165, 1.54) is 6.92 Å². The number of carbonyl (C=O) groups excluding carboxylic acids is 1. The van der Waals surface area contributed by atoms with Crippen molar-refractivity contribution in [2.24, 2.45) is 5.73 Å². The first-order valence-corrected chi connectivity index (χ1v) is 5.55. The molecular formula is C10H18N2O3S. The fourth-order valence-electron chi connectivity index (χ4n) is 1.51. The van der Waals surface area contributed by atoms with Crippen molar-refractivity contribution in [2.45, 2.75) is 39.2 Å². The van der Waals surface area contributed by atoms with E-state index in [9.17, 15) is 9.59 Å². The highest BCUT2D eigenvalue weighted by molar-refractivity contribution is 7.80. The molecule has 16 heavy (non-hydrogen) atoms. The summed E-state index contributed by atoms with van der Waals surface area (Å²) >= 11 is 4.88. The number of carboxylic acid groups (broad SMARTS) is 1. The predicted molar refractivity (Wildman–Crippen MR) is 65.1 cm³/mol. The second kappa shape index (κ2) is 7.29. The topological polar surface area (TPSA) is 83.6 Å². The van der Waals surface area contributed by atoms with Gasteiger partial charge in [0.15, 0.2) is 0 Å². The molecule has 0 saturated carbocycles. The highest BCUT2D eigenvalue weighted by atomic mass is 32.1. The van der Waals surface area contributed by atoms with Gasteiger partial charge in [-0.25, -0.2) is 4.79 Å². The third-order valence-electron chi connectivity index (χ3n) is 2.21. The molecule has 6 heteroatoms. The summed E-state index contributed by atoms with van der Waals surface area (Å²) in [5.41, 5.74) is 5.33. The number of aliphatic carboxylic acids is 1. The lowest BCUT2D eigenvalue weighted by Crippen LogP contribution is -2.46. The van der Waals surface area contributed by atoms with E-state index < -0.39 is 12.0 Å². The number of hydrogen-bond donors (Lipinski definition) is 2. The van der Waals surface area contributed by atoms with Crippen molar-refractivity contribution in [3.8, 4) is 0 Å². The van der Waals surface area contributed by atoms with Crippen LogP contribution in [0.5, 0.6) is 0 Å². The molecule has 0 aliphatic heterocycles. The maximum atomic E-state index is 11.3. The van der Waals surface area contributed by atoms with E-state index in [0.29, 0.717) is 19.4 Å². The van der Waals surface area contributed by atoms with Crippen LogP contribution in [-0.2, 0) is 9.59 Å². The molecule has 0 radical (unpaired) electrons. The number of unbranched alkanes of at least 4 members (excludes halogenated alkanes) is 1. The van der Waals surface area contributed by atoms with Gasteiger partial charge in [-0.2, -0.15) is 0 Å². The summed E-state index contributed by atoms with van der Waals surface area (Å²) in [6.07, 6.45) is 1.78.